The molecule has 0 aromatic carbocycles. The van der Waals surface area contributed by atoms with E-state index in [2.05, 4.69) is 6.58 Å². The Morgan fingerprint density at radius 3 is 2.61 bits per heavy atom. The van der Waals surface area contributed by atoms with Crippen LogP contribution in [0, 0.1) is 0 Å². The van der Waals surface area contributed by atoms with Gasteiger partial charge in [-0.15, -0.1) is 0 Å². The average Bonchev–Trinajstić information content (AvgIpc) is 2.49. The lowest BCUT2D eigenvalue weighted by atomic mass is 9.95. The van der Waals surface area contributed by atoms with Gasteiger partial charge in [0.25, 0.3) is 0 Å². The maximum Gasteiger partial charge on any atom is 0.220 e. The van der Waals surface area contributed by atoms with E-state index in [1.165, 1.54) is 0 Å². The Morgan fingerprint density at radius 2 is 2.22 bits per heavy atom. The zero-order valence-corrected chi connectivity index (χ0v) is 11.3. The number of nitrogens with two attached hydrogens (primary N) is 1. The van der Waals surface area contributed by atoms with Crippen molar-refractivity contribution in [3.8, 4) is 0 Å². The molecule has 0 spiro atoms. The Bertz CT molecular complexity index is 465. The lowest BCUT2D eigenvalue weighted by Crippen LogP contribution is -2.30. The van der Waals surface area contributed by atoms with Gasteiger partial charge in [0.15, 0.2) is 0 Å². The molecule has 0 saturated carbocycles. The van der Waals surface area contributed by atoms with Gasteiger partial charge in [-0.05, 0) is 13.3 Å². The van der Waals surface area contributed by atoms with Gasteiger partial charge in [0.05, 0.1) is 6.42 Å². The Hall–Kier alpha value is -1.49. The molecule has 0 radical (unpaired) electrons. The van der Waals surface area contributed by atoms with Gasteiger partial charge >= 0.3 is 0 Å². The second-order valence-corrected chi connectivity index (χ2v) is 5.50. The quantitative estimate of drug-likeness (QED) is 0.748. The van der Waals surface area contributed by atoms with Crippen LogP contribution in [0.1, 0.15) is 26.7 Å². The van der Waals surface area contributed by atoms with Crippen LogP contribution in [0.3, 0.4) is 0 Å². The standard InChI is InChI=1S/C13H17NO3S/c1-4-8(3)6-13(7-10(14)15)11(16)9(5-2)12(17)18-13/h4,6,16H,1,5,7H2,2-3H3,(H2,14,15)/b8-6+. The first-order valence-electron chi connectivity index (χ1n) is 5.62. The molecule has 0 fully saturated rings. The minimum atomic E-state index is -1.06. The molecule has 1 atom stereocenters. The second-order valence-electron chi connectivity index (χ2n) is 4.20. The molecule has 1 rings (SSSR count). The monoisotopic (exact) mass is 267 g/mol. The summed E-state index contributed by atoms with van der Waals surface area (Å²) in [5.74, 6) is -0.618. The second kappa shape index (κ2) is 5.44. The van der Waals surface area contributed by atoms with Crippen molar-refractivity contribution in [2.24, 2.45) is 5.73 Å². The summed E-state index contributed by atoms with van der Waals surface area (Å²) in [7, 11) is 0. The highest BCUT2D eigenvalue weighted by Gasteiger charge is 2.46. The van der Waals surface area contributed by atoms with Crippen molar-refractivity contribution in [3.05, 3.63) is 35.6 Å². The molecule has 1 unspecified atom stereocenters. The van der Waals surface area contributed by atoms with E-state index in [1.807, 2.05) is 0 Å². The van der Waals surface area contributed by atoms with Crippen molar-refractivity contribution in [2.45, 2.75) is 31.4 Å². The molecule has 0 aromatic heterocycles. The van der Waals surface area contributed by atoms with Crippen molar-refractivity contribution in [2.75, 3.05) is 0 Å². The van der Waals surface area contributed by atoms with Crippen LogP contribution in [0.2, 0.25) is 0 Å². The summed E-state index contributed by atoms with van der Waals surface area (Å²) in [5, 5.41) is 10.0. The number of rotatable bonds is 5. The first-order chi connectivity index (χ1) is 8.36. The number of carbonyl (C=O) groups is 2. The first-order valence-corrected chi connectivity index (χ1v) is 6.44. The lowest BCUT2D eigenvalue weighted by Gasteiger charge is -2.23. The SMILES string of the molecule is C=C/C(C)=C/C1(CC(N)=O)SC(=O)C(CC)=C1O. The Balaban J connectivity index is 3.32. The van der Waals surface area contributed by atoms with E-state index in [4.69, 9.17) is 5.73 Å². The molecule has 0 aromatic rings. The van der Waals surface area contributed by atoms with Crippen molar-refractivity contribution < 1.29 is 14.7 Å². The van der Waals surface area contributed by atoms with Gasteiger partial charge < -0.3 is 10.8 Å². The topological polar surface area (TPSA) is 80.4 Å². The van der Waals surface area contributed by atoms with E-state index in [-0.39, 0.29) is 17.3 Å². The highest BCUT2D eigenvalue weighted by Crippen LogP contribution is 2.47. The fraction of sp³-hybridized carbons (Fsp3) is 0.385. The molecule has 0 saturated heterocycles. The van der Waals surface area contributed by atoms with E-state index < -0.39 is 10.7 Å². The van der Waals surface area contributed by atoms with E-state index in [0.717, 1.165) is 17.3 Å². The fourth-order valence-electron chi connectivity index (χ4n) is 1.89. The predicted molar refractivity (Wildman–Crippen MR) is 73.0 cm³/mol. The van der Waals surface area contributed by atoms with Crippen molar-refractivity contribution in [1.29, 1.82) is 0 Å². The summed E-state index contributed by atoms with van der Waals surface area (Å²) in [6.07, 6.45) is 3.60. The minimum absolute atomic E-state index is 0.0556. The number of hydrogen-bond donors (Lipinski definition) is 2. The third-order valence-corrected chi connectivity index (χ3v) is 4.03. The number of carbonyl (C=O) groups excluding carboxylic acids is 2. The van der Waals surface area contributed by atoms with Crippen LogP contribution in [0.4, 0.5) is 0 Å². The van der Waals surface area contributed by atoms with Crippen molar-refractivity contribution in [3.63, 3.8) is 0 Å². The van der Waals surface area contributed by atoms with Crippen LogP contribution in [0.15, 0.2) is 35.6 Å². The highest BCUT2D eigenvalue weighted by molar-refractivity contribution is 8.16. The molecule has 0 aliphatic carbocycles. The van der Waals surface area contributed by atoms with Gasteiger partial charge in [0.2, 0.25) is 11.0 Å². The number of hydrogen-bond acceptors (Lipinski definition) is 4. The molecule has 1 amide bonds. The van der Waals surface area contributed by atoms with E-state index in [0.29, 0.717) is 12.0 Å². The molecular formula is C13H17NO3S. The average molecular weight is 267 g/mol. The Morgan fingerprint density at radius 1 is 1.61 bits per heavy atom. The van der Waals surface area contributed by atoms with Crippen LogP contribution in [0.25, 0.3) is 0 Å². The molecule has 1 aliphatic heterocycles. The van der Waals surface area contributed by atoms with Crippen LogP contribution < -0.4 is 5.73 Å². The summed E-state index contributed by atoms with van der Waals surface area (Å²) < 4.78 is -1.06. The number of primary amides is 1. The van der Waals surface area contributed by atoms with Crippen LogP contribution in [-0.4, -0.2) is 20.9 Å². The number of aliphatic hydroxyl groups excluding tert-OH is 1. The molecule has 0 bridgehead atoms. The normalized spacial score (nSPS) is 24.6. The smallest absolute Gasteiger partial charge is 0.220 e. The zero-order chi connectivity index (χ0) is 13.9. The zero-order valence-electron chi connectivity index (χ0n) is 10.5. The summed E-state index contributed by atoms with van der Waals surface area (Å²) in [4.78, 5) is 23.0. The summed E-state index contributed by atoms with van der Waals surface area (Å²) in [6.45, 7) is 7.20. The highest BCUT2D eigenvalue weighted by atomic mass is 32.2. The Labute approximate surface area is 111 Å². The maximum atomic E-state index is 11.8. The van der Waals surface area contributed by atoms with Gasteiger partial charge in [-0.1, -0.05) is 43.0 Å². The molecule has 4 nitrogen and oxygen atoms in total. The van der Waals surface area contributed by atoms with Gasteiger partial charge in [-0.2, -0.15) is 0 Å². The molecule has 3 N–H and O–H groups in total. The minimum Gasteiger partial charge on any atom is -0.510 e. The number of thioether (sulfide) groups is 1. The Kier molecular flexibility index (Phi) is 4.40. The summed E-state index contributed by atoms with van der Waals surface area (Å²) in [6, 6.07) is 0. The third kappa shape index (κ3) is 2.67. The molecule has 1 aliphatic rings. The number of aliphatic hydroxyl groups is 1. The predicted octanol–water partition coefficient (Wildman–Crippen LogP) is 2.23. The first kappa shape index (κ1) is 14.6. The van der Waals surface area contributed by atoms with Gasteiger partial charge in [0, 0.05) is 5.57 Å². The third-order valence-electron chi connectivity index (χ3n) is 2.78. The van der Waals surface area contributed by atoms with E-state index in [9.17, 15) is 14.7 Å². The van der Waals surface area contributed by atoms with E-state index in [1.54, 1.807) is 26.0 Å². The largest absolute Gasteiger partial charge is 0.510 e. The molecule has 1 heterocycles. The van der Waals surface area contributed by atoms with Gasteiger partial charge in [-0.3, -0.25) is 9.59 Å². The van der Waals surface area contributed by atoms with Crippen LogP contribution in [0.5, 0.6) is 0 Å². The molecular weight excluding hydrogens is 250 g/mol. The summed E-state index contributed by atoms with van der Waals surface area (Å²) in [5.41, 5.74) is 6.35. The van der Waals surface area contributed by atoms with Crippen LogP contribution in [-0.2, 0) is 9.59 Å². The van der Waals surface area contributed by atoms with E-state index >= 15 is 0 Å². The van der Waals surface area contributed by atoms with Crippen molar-refractivity contribution in [1.82, 2.24) is 0 Å². The molecule has 18 heavy (non-hydrogen) atoms. The van der Waals surface area contributed by atoms with Crippen LogP contribution >= 0.6 is 11.8 Å². The summed E-state index contributed by atoms with van der Waals surface area (Å²) >= 11 is 0.938. The van der Waals surface area contributed by atoms with Crippen molar-refractivity contribution >= 4 is 22.8 Å². The number of allylic oxidation sites excluding steroid dienone is 2. The van der Waals surface area contributed by atoms with Gasteiger partial charge in [0.1, 0.15) is 10.5 Å². The molecule has 98 valence electrons. The fourth-order valence-corrected chi connectivity index (χ4v) is 3.27. The van der Waals surface area contributed by atoms with Gasteiger partial charge in [-0.25, -0.2) is 0 Å². The lowest BCUT2D eigenvalue weighted by molar-refractivity contribution is -0.118. The maximum absolute atomic E-state index is 11.8. The number of amides is 1. The molecule has 5 heteroatoms.